The van der Waals surface area contributed by atoms with E-state index in [0.717, 1.165) is 37.7 Å². The number of rotatable bonds is 0. The summed E-state index contributed by atoms with van der Waals surface area (Å²) in [6.45, 7) is 8.44. The van der Waals surface area contributed by atoms with Gasteiger partial charge in [0, 0.05) is 17.9 Å². The number of hydrogen-bond donors (Lipinski definition) is 0. The van der Waals surface area contributed by atoms with E-state index in [2.05, 4.69) is 20.8 Å². The minimum atomic E-state index is -0.145. The van der Waals surface area contributed by atoms with Gasteiger partial charge in [0.25, 0.3) is 0 Å². The van der Waals surface area contributed by atoms with Gasteiger partial charge in [-0.1, -0.05) is 25.0 Å². The third kappa shape index (κ3) is 3.02. The molecular weight excluding hydrogens is 288 g/mol. The molecule has 0 bridgehead atoms. The highest BCUT2D eigenvalue weighted by Gasteiger charge is 2.50. The average molecular weight is 316 g/mol. The van der Waals surface area contributed by atoms with Crippen LogP contribution in [0.15, 0.2) is 22.8 Å². The van der Waals surface area contributed by atoms with Crippen LogP contribution in [0.25, 0.3) is 0 Å². The molecule has 126 valence electrons. The number of ether oxygens (including phenoxy) is 1. The Bertz CT molecular complexity index is 598. The number of allylic oxidation sites excluding steroid dienone is 2. The Labute approximate surface area is 139 Å². The standard InChI is InChI=1S/C20H28O3/c1-12-5-7-20(4)8-6-16-14(3)19(22)23-17(18(16)20)11-13(2)10-15(21)9-12/h9,13,17-18H,5-8,10-11H2,1-4H3. The monoisotopic (exact) mass is 316 g/mol. The van der Waals surface area contributed by atoms with Crippen molar-refractivity contribution in [1.82, 2.24) is 0 Å². The molecule has 0 aromatic heterocycles. The van der Waals surface area contributed by atoms with Gasteiger partial charge in [-0.2, -0.15) is 0 Å². The van der Waals surface area contributed by atoms with E-state index in [1.54, 1.807) is 0 Å². The number of carbonyl (C=O) groups excluding carboxylic acids is 2. The highest BCUT2D eigenvalue weighted by molar-refractivity contribution is 5.91. The Hall–Kier alpha value is -1.38. The van der Waals surface area contributed by atoms with E-state index in [1.807, 2.05) is 13.0 Å². The Balaban J connectivity index is 2.00. The molecule has 4 unspecified atom stereocenters. The summed E-state index contributed by atoms with van der Waals surface area (Å²) < 4.78 is 5.83. The van der Waals surface area contributed by atoms with Crippen LogP contribution in [0.1, 0.15) is 66.2 Å². The number of esters is 1. The van der Waals surface area contributed by atoms with Crippen molar-refractivity contribution < 1.29 is 14.3 Å². The fourth-order valence-corrected chi connectivity index (χ4v) is 4.85. The molecule has 0 aromatic carbocycles. The van der Waals surface area contributed by atoms with Crippen molar-refractivity contribution in [3.63, 3.8) is 0 Å². The zero-order valence-electron chi connectivity index (χ0n) is 14.8. The summed E-state index contributed by atoms with van der Waals surface area (Å²) in [4.78, 5) is 24.4. The van der Waals surface area contributed by atoms with E-state index in [1.165, 1.54) is 11.1 Å². The van der Waals surface area contributed by atoms with Gasteiger partial charge in [0.2, 0.25) is 0 Å². The molecule has 3 nitrogen and oxygen atoms in total. The van der Waals surface area contributed by atoms with E-state index in [9.17, 15) is 9.59 Å². The highest BCUT2D eigenvalue weighted by Crippen LogP contribution is 2.55. The van der Waals surface area contributed by atoms with E-state index >= 15 is 0 Å². The molecule has 1 aliphatic heterocycles. The molecule has 0 aromatic rings. The fraction of sp³-hybridized carbons (Fsp3) is 0.700. The molecule has 4 atom stereocenters. The van der Waals surface area contributed by atoms with Crippen LogP contribution in [-0.4, -0.2) is 17.9 Å². The maximum absolute atomic E-state index is 12.2. The van der Waals surface area contributed by atoms with Gasteiger partial charge in [0.15, 0.2) is 5.78 Å². The van der Waals surface area contributed by atoms with Crippen molar-refractivity contribution in [2.45, 2.75) is 72.3 Å². The predicted octanol–water partition coefficient (Wildman–Crippen LogP) is 4.37. The van der Waals surface area contributed by atoms with E-state index in [4.69, 9.17) is 4.74 Å². The van der Waals surface area contributed by atoms with Crippen molar-refractivity contribution in [3.8, 4) is 0 Å². The summed E-state index contributed by atoms with van der Waals surface area (Å²) >= 11 is 0. The molecule has 3 heteroatoms. The smallest absolute Gasteiger partial charge is 0.333 e. The summed E-state index contributed by atoms with van der Waals surface area (Å²) in [5, 5.41) is 0. The lowest BCUT2D eigenvalue weighted by Gasteiger charge is -2.40. The summed E-state index contributed by atoms with van der Waals surface area (Å²) in [7, 11) is 0. The first kappa shape index (κ1) is 16.5. The summed E-state index contributed by atoms with van der Waals surface area (Å²) in [5.74, 6) is 0.644. The third-order valence-electron chi connectivity index (χ3n) is 6.19. The Morgan fingerprint density at radius 1 is 1.17 bits per heavy atom. The largest absolute Gasteiger partial charge is 0.458 e. The van der Waals surface area contributed by atoms with Crippen LogP contribution in [0.3, 0.4) is 0 Å². The summed E-state index contributed by atoms with van der Waals surface area (Å²) in [6, 6.07) is 0. The van der Waals surface area contributed by atoms with Gasteiger partial charge in [-0.15, -0.1) is 0 Å². The van der Waals surface area contributed by atoms with Crippen molar-refractivity contribution in [3.05, 3.63) is 22.8 Å². The maximum Gasteiger partial charge on any atom is 0.333 e. The van der Waals surface area contributed by atoms with Crippen molar-refractivity contribution in [2.75, 3.05) is 0 Å². The molecule has 0 radical (unpaired) electrons. The molecule has 0 N–H and O–H groups in total. The van der Waals surface area contributed by atoms with Gasteiger partial charge in [-0.3, -0.25) is 4.79 Å². The lowest BCUT2D eigenvalue weighted by atomic mass is 9.69. The molecule has 3 aliphatic rings. The first-order valence-corrected chi connectivity index (χ1v) is 8.91. The van der Waals surface area contributed by atoms with E-state index in [0.29, 0.717) is 12.3 Å². The quantitative estimate of drug-likeness (QED) is 0.623. The summed E-state index contributed by atoms with van der Waals surface area (Å²) in [6.07, 6.45) is 7.27. The molecule has 1 fully saturated rings. The Morgan fingerprint density at radius 3 is 2.61 bits per heavy atom. The number of hydrogen-bond acceptors (Lipinski definition) is 3. The van der Waals surface area contributed by atoms with Gasteiger partial charge in [0.1, 0.15) is 6.10 Å². The molecule has 0 saturated heterocycles. The third-order valence-corrected chi connectivity index (χ3v) is 6.19. The average Bonchev–Trinajstić information content (AvgIpc) is 2.80. The van der Waals surface area contributed by atoms with Crippen molar-refractivity contribution >= 4 is 11.8 Å². The minimum Gasteiger partial charge on any atom is -0.458 e. The molecule has 1 heterocycles. The van der Waals surface area contributed by atoms with E-state index in [-0.39, 0.29) is 29.2 Å². The Kier molecular flexibility index (Phi) is 4.24. The molecule has 0 amide bonds. The molecular formula is C20H28O3. The second kappa shape index (κ2) is 5.92. The van der Waals surface area contributed by atoms with Crippen LogP contribution in [0.5, 0.6) is 0 Å². The summed E-state index contributed by atoms with van der Waals surface area (Å²) in [5.41, 5.74) is 3.52. The second-order valence-corrected chi connectivity index (χ2v) is 8.23. The van der Waals surface area contributed by atoms with Gasteiger partial charge >= 0.3 is 5.97 Å². The topological polar surface area (TPSA) is 43.4 Å². The van der Waals surface area contributed by atoms with E-state index < -0.39 is 0 Å². The zero-order chi connectivity index (χ0) is 16.8. The zero-order valence-corrected chi connectivity index (χ0v) is 14.8. The van der Waals surface area contributed by atoms with Crippen LogP contribution >= 0.6 is 0 Å². The van der Waals surface area contributed by atoms with Gasteiger partial charge < -0.3 is 4.74 Å². The molecule has 23 heavy (non-hydrogen) atoms. The molecule has 3 rings (SSSR count). The van der Waals surface area contributed by atoms with Crippen LogP contribution in [0.2, 0.25) is 0 Å². The number of ketones is 1. The number of carbonyl (C=O) groups is 2. The Morgan fingerprint density at radius 2 is 1.87 bits per heavy atom. The minimum absolute atomic E-state index is 0.0603. The van der Waals surface area contributed by atoms with Crippen LogP contribution in [0.4, 0.5) is 0 Å². The second-order valence-electron chi connectivity index (χ2n) is 8.23. The van der Waals surface area contributed by atoms with Gasteiger partial charge in [-0.25, -0.2) is 4.79 Å². The van der Waals surface area contributed by atoms with Crippen molar-refractivity contribution in [1.29, 1.82) is 0 Å². The molecule has 0 spiro atoms. The SMILES string of the molecule is CC1=CC(=O)CC(C)CC2OC(=O)C(C)=C3CCC(C)(CC1)C32. The first-order valence-electron chi connectivity index (χ1n) is 8.91. The van der Waals surface area contributed by atoms with Gasteiger partial charge in [0.05, 0.1) is 0 Å². The lowest BCUT2D eigenvalue weighted by molar-refractivity contribution is -0.152. The maximum atomic E-state index is 12.2. The van der Waals surface area contributed by atoms with Gasteiger partial charge in [-0.05, 0) is 63.4 Å². The first-order chi connectivity index (χ1) is 10.8. The highest BCUT2D eigenvalue weighted by atomic mass is 16.5. The lowest BCUT2D eigenvalue weighted by Crippen LogP contribution is -2.41. The van der Waals surface area contributed by atoms with Crippen LogP contribution in [-0.2, 0) is 14.3 Å². The van der Waals surface area contributed by atoms with Crippen LogP contribution < -0.4 is 0 Å². The fourth-order valence-electron chi connectivity index (χ4n) is 4.85. The molecule has 1 saturated carbocycles. The predicted molar refractivity (Wildman–Crippen MR) is 89.8 cm³/mol. The normalized spacial score (nSPS) is 38.6. The van der Waals surface area contributed by atoms with Crippen LogP contribution in [0, 0.1) is 17.3 Å². The van der Waals surface area contributed by atoms with Crippen molar-refractivity contribution in [2.24, 2.45) is 17.3 Å². The molecule has 2 aliphatic carbocycles.